The molecular weight excluding hydrogens is 1080 g/mol. The Hall–Kier alpha value is -7.78. The van der Waals surface area contributed by atoms with Crippen molar-refractivity contribution in [1.29, 1.82) is 0 Å². The molecule has 0 amide bonds. The van der Waals surface area contributed by atoms with Crippen molar-refractivity contribution in [2.24, 2.45) is 0 Å². The van der Waals surface area contributed by atoms with Crippen LogP contribution in [-0.4, -0.2) is 15.0 Å². The zero-order chi connectivity index (χ0) is 48.1. The molecule has 3 aromatic heterocycles. The molecule has 10 aromatic rings. The van der Waals surface area contributed by atoms with E-state index in [1.807, 2.05) is 48.5 Å². The SMILES string of the molecule is Fc1c[c-]c(-c2cc(-c3ccc(-c4ccccc4)cc3)c(-c3ccc(F)cc3-c3cc(CCc4ccc(-c5[c-]cc(F)cc5F)nc4)cc(CCc4ccc(-c5[c-]cc(F)cc5F)nc4)c3)cn2)cc1.[Ir+3]. The van der Waals surface area contributed by atoms with Crippen LogP contribution in [-0.2, 0) is 45.8 Å². The summed E-state index contributed by atoms with van der Waals surface area (Å²) in [5.74, 6) is -3.78. The summed E-state index contributed by atoms with van der Waals surface area (Å²) in [4.78, 5) is 13.8. The summed E-state index contributed by atoms with van der Waals surface area (Å²) in [6.07, 6.45) is 7.39. The maximum atomic E-state index is 15.7. The third kappa shape index (κ3) is 11.2. The Morgan fingerprint density at radius 3 is 1.41 bits per heavy atom. The van der Waals surface area contributed by atoms with Gasteiger partial charge < -0.3 is 15.0 Å². The van der Waals surface area contributed by atoms with E-state index < -0.39 is 34.9 Å². The van der Waals surface area contributed by atoms with Gasteiger partial charge in [0, 0.05) is 53.2 Å². The summed E-state index contributed by atoms with van der Waals surface area (Å²) < 4.78 is 86.1. The maximum Gasteiger partial charge on any atom is 3.00 e. The second kappa shape index (κ2) is 21.5. The second-order valence-electron chi connectivity index (χ2n) is 16.9. The number of hydrogen-bond donors (Lipinski definition) is 0. The van der Waals surface area contributed by atoms with Crippen molar-refractivity contribution in [1.82, 2.24) is 15.0 Å². The molecule has 3 heterocycles. The Kier molecular flexibility index (Phi) is 14.6. The van der Waals surface area contributed by atoms with E-state index in [-0.39, 0.29) is 31.2 Å². The van der Waals surface area contributed by atoms with Gasteiger partial charge in [-0.15, -0.1) is 54.1 Å². The molecule has 0 aliphatic rings. The summed E-state index contributed by atoms with van der Waals surface area (Å²) in [7, 11) is 0. The molecule has 0 bridgehead atoms. The fraction of sp³-hybridized carbons (Fsp3) is 0.0656. The first-order chi connectivity index (χ1) is 34.1. The minimum Gasteiger partial charge on any atom is -0.304 e. The van der Waals surface area contributed by atoms with Crippen LogP contribution in [0.15, 0.2) is 182 Å². The van der Waals surface area contributed by atoms with Gasteiger partial charge in [0.15, 0.2) is 0 Å². The topological polar surface area (TPSA) is 38.7 Å². The summed E-state index contributed by atoms with van der Waals surface area (Å²) in [6.45, 7) is 0. The monoisotopic (exact) mass is 1120 g/mol. The van der Waals surface area contributed by atoms with Crippen LogP contribution in [0.4, 0.5) is 26.3 Å². The molecule has 348 valence electrons. The predicted molar refractivity (Wildman–Crippen MR) is 262 cm³/mol. The summed E-state index contributed by atoms with van der Waals surface area (Å²) in [6, 6.07) is 54.6. The van der Waals surface area contributed by atoms with Gasteiger partial charge in [-0.05, 0) is 116 Å². The molecule has 0 N–H and O–H groups in total. The Labute approximate surface area is 421 Å². The Morgan fingerprint density at radius 2 is 0.859 bits per heavy atom. The molecule has 3 nitrogen and oxygen atoms in total. The number of aryl methyl sites for hydroxylation is 4. The summed E-state index contributed by atoms with van der Waals surface area (Å²) in [5, 5.41) is 0. The number of hydrogen-bond acceptors (Lipinski definition) is 3. The minimum atomic E-state index is -0.750. The molecule has 0 aliphatic heterocycles. The number of pyridine rings is 3. The fourth-order valence-electron chi connectivity index (χ4n) is 8.59. The van der Waals surface area contributed by atoms with Crippen LogP contribution in [0.5, 0.6) is 0 Å². The molecule has 0 spiro atoms. The van der Waals surface area contributed by atoms with Crippen molar-refractivity contribution >= 4 is 0 Å². The van der Waals surface area contributed by atoms with Gasteiger partial charge >= 0.3 is 20.1 Å². The van der Waals surface area contributed by atoms with Gasteiger partial charge in [0.25, 0.3) is 0 Å². The van der Waals surface area contributed by atoms with Crippen LogP contribution in [0.25, 0.3) is 78.3 Å². The van der Waals surface area contributed by atoms with E-state index in [0.29, 0.717) is 53.9 Å². The summed E-state index contributed by atoms with van der Waals surface area (Å²) >= 11 is 0. The molecule has 0 atom stereocenters. The van der Waals surface area contributed by atoms with Crippen LogP contribution < -0.4 is 0 Å². The van der Waals surface area contributed by atoms with Gasteiger partial charge in [0.2, 0.25) is 0 Å². The molecule has 10 rings (SSSR count). The van der Waals surface area contributed by atoms with E-state index in [2.05, 4.69) is 70.6 Å². The number of aromatic nitrogens is 3. The van der Waals surface area contributed by atoms with Gasteiger partial charge in [0.1, 0.15) is 5.82 Å². The van der Waals surface area contributed by atoms with Crippen molar-refractivity contribution in [3.8, 4) is 78.3 Å². The standard InChI is InChI=1S/C61H38F6N3.Ir/c62-47-18-16-45(17-19-47)61-34-55(44-14-12-43(13-15-44)42-4-2-1-3-5-42)56(37-70-61)51-23-20-48(63)31-54(51)46-29-40(8-6-38-10-26-59(68-35-38)52-24-21-49(64)32-57(52)66)28-41(30-46)9-7-39-11-27-60(69-36-39)53-25-22-50(65)33-58(53)67;/h1-5,10-16,18-23,26-37H,6-9H2;/q-3;+3. The van der Waals surface area contributed by atoms with Gasteiger partial charge in [-0.25, -0.2) is 4.39 Å². The van der Waals surface area contributed by atoms with Crippen molar-refractivity contribution in [2.45, 2.75) is 25.7 Å². The van der Waals surface area contributed by atoms with E-state index in [4.69, 9.17) is 4.98 Å². The fourth-order valence-corrected chi connectivity index (χ4v) is 8.59. The molecule has 0 unspecified atom stereocenters. The van der Waals surface area contributed by atoms with Crippen molar-refractivity contribution in [3.05, 3.63) is 258 Å². The number of nitrogens with zero attached hydrogens (tertiary/aromatic N) is 3. The van der Waals surface area contributed by atoms with Crippen molar-refractivity contribution in [3.63, 3.8) is 0 Å². The number of halogens is 6. The van der Waals surface area contributed by atoms with E-state index >= 15 is 4.39 Å². The van der Waals surface area contributed by atoms with Gasteiger partial charge in [-0.3, -0.25) is 22.0 Å². The molecule has 71 heavy (non-hydrogen) atoms. The average molecular weight is 1120 g/mol. The molecule has 0 radical (unpaired) electrons. The van der Waals surface area contributed by atoms with Crippen LogP contribution >= 0.6 is 0 Å². The molecule has 0 aliphatic carbocycles. The van der Waals surface area contributed by atoms with Crippen LogP contribution in [0.2, 0.25) is 0 Å². The predicted octanol–water partition coefficient (Wildman–Crippen LogP) is 15.3. The quantitative estimate of drug-likeness (QED) is 0.0853. The largest absolute Gasteiger partial charge is 3.00 e. The normalized spacial score (nSPS) is 11.1. The third-order valence-electron chi connectivity index (χ3n) is 12.2. The average Bonchev–Trinajstić information content (AvgIpc) is 3.38. The van der Waals surface area contributed by atoms with Crippen molar-refractivity contribution in [2.75, 3.05) is 0 Å². The van der Waals surface area contributed by atoms with E-state index in [9.17, 15) is 22.0 Å². The first-order valence-electron chi connectivity index (χ1n) is 22.5. The summed E-state index contributed by atoms with van der Waals surface area (Å²) in [5.41, 5.74) is 12.5. The number of rotatable bonds is 13. The van der Waals surface area contributed by atoms with Gasteiger partial charge in [-0.2, -0.15) is 0 Å². The molecule has 7 aromatic carbocycles. The minimum absolute atomic E-state index is 0. The van der Waals surface area contributed by atoms with E-state index in [1.165, 1.54) is 24.3 Å². The molecule has 0 fully saturated rings. The van der Waals surface area contributed by atoms with Crippen molar-refractivity contribution < 1.29 is 46.4 Å². The Balaban J connectivity index is 0.00000624. The molecule has 10 heteroatoms. The first-order valence-corrected chi connectivity index (χ1v) is 22.5. The van der Waals surface area contributed by atoms with Crippen LogP contribution in [0, 0.1) is 53.1 Å². The Bertz CT molecular complexity index is 3360. The van der Waals surface area contributed by atoms with E-state index in [0.717, 1.165) is 85.5 Å². The first kappa shape index (κ1) is 48.3. The molecule has 0 saturated carbocycles. The molecular formula is C61H38F6IrN3. The van der Waals surface area contributed by atoms with E-state index in [1.54, 1.807) is 42.9 Å². The molecule has 0 saturated heterocycles. The number of benzene rings is 7. The van der Waals surface area contributed by atoms with Crippen LogP contribution in [0.3, 0.4) is 0 Å². The third-order valence-corrected chi connectivity index (χ3v) is 12.2. The van der Waals surface area contributed by atoms with Gasteiger partial charge in [0.05, 0.1) is 0 Å². The zero-order valence-electron chi connectivity index (χ0n) is 37.6. The maximum absolute atomic E-state index is 15.7. The Morgan fingerprint density at radius 1 is 0.338 bits per heavy atom. The zero-order valence-corrected chi connectivity index (χ0v) is 40.0. The second-order valence-corrected chi connectivity index (χ2v) is 16.9. The van der Waals surface area contributed by atoms with Crippen LogP contribution in [0.1, 0.15) is 22.3 Å². The van der Waals surface area contributed by atoms with Gasteiger partial charge in [-0.1, -0.05) is 132 Å². The smallest absolute Gasteiger partial charge is 0.304 e.